The van der Waals surface area contributed by atoms with Crippen molar-refractivity contribution in [2.24, 2.45) is 0 Å². The lowest BCUT2D eigenvalue weighted by Gasteiger charge is -2.09. The Hall–Kier alpha value is -1.40. The molecule has 0 atom stereocenters. The molecule has 4 nitrogen and oxygen atoms in total. The Morgan fingerprint density at radius 1 is 1.21 bits per heavy atom. The molecule has 2 aromatic rings. The van der Waals surface area contributed by atoms with Gasteiger partial charge in [-0.05, 0) is 18.4 Å². The summed E-state index contributed by atoms with van der Waals surface area (Å²) in [6, 6.07) is 9.83. The van der Waals surface area contributed by atoms with Gasteiger partial charge in [0.05, 0.1) is 12.0 Å². The van der Waals surface area contributed by atoms with E-state index in [0.29, 0.717) is 0 Å². The minimum absolute atomic E-state index is 0.754. The number of hydrogen-bond acceptors (Lipinski definition) is 6. The van der Waals surface area contributed by atoms with Crippen molar-refractivity contribution in [1.82, 2.24) is 9.97 Å². The van der Waals surface area contributed by atoms with Crippen molar-refractivity contribution in [3.63, 3.8) is 0 Å². The van der Waals surface area contributed by atoms with Gasteiger partial charge in [-0.1, -0.05) is 35.7 Å². The molecule has 2 rings (SSSR count). The molecule has 19 heavy (non-hydrogen) atoms. The van der Waals surface area contributed by atoms with Gasteiger partial charge >= 0.3 is 0 Å². The van der Waals surface area contributed by atoms with Crippen LogP contribution in [0.1, 0.15) is 0 Å². The lowest BCUT2D eigenvalue weighted by Crippen LogP contribution is -1.97. The van der Waals surface area contributed by atoms with Crippen LogP contribution >= 0.6 is 23.5 Å². The molecule has 0 radical (unpaired) electrons. The van der Waals surface area contributed by atoms with Crippen LogP contribution in [-0.2, 0) is 0 Å². The summed E-state index contributed by atoms with van der Waals surface area (Å²) in [4.78, 5) is 9.88. The van der Waals surface area contributed by atoms with Gasteiger partial charge in [0.1, 0.15) is 16.6 Å². The van der Waals surface area contributed by atoms with E-state index in [1.165, 1.54) is 11.8 Å². The highest BCUT2D eigenvalue weighted by Gasteiger charge is 2.08. The van der Waals surface area contributed by atoms with Crippen molar-refractivity contribution < 1.29 is 4.74 Å². The summed E-state index contributed by atoms with van der Waals surface area (Å²) in [5.74, 6) is 1.67. The van der Waals surface area contributed by atoms with Crippen molar-refractivity contribution in [2.45, 2.75) is 15.1 Å². The van der Waals surface area contributed by atoms with E-state index in [1.807, 2.05) is 43.6 Å². The van der Waals surface area contributed by atoms with Crippen LogP contribution in [0.2, 0.25) is 0 Å². The molecule has 0 unspecified atom stereocenters. The molecule has 0 aliphatic heterocycles. The number of nitrogens with zero attached hydrogens (tertiary/aromatic N) is 2. The first kappa shape index (κ1) is 14.0. The highest BCUT2D eigenvalue weighted by Crippen LogP contribution is 2.34. The third kappa shape index (κ3) is 3.54. The molecule has 0 spiro atoms. The minimum atomic E-state index is 0.754. The van der Waals surface area contributed by atoms with Gasteiger partial charge < -0.3 is 10.1 Å². The molecule has 0 aliphatic rings. The molecular weight excluding hydrogens is 278 g/mol. The number of ether oxygens (including phenoxy) is 1. The van der Waals surface area contributed by atoms with Gasteiger partial charge in [-0.3, -0.25) is 0 Å². The van der Waals surface area contributed by atoms with Crippen molar-refractivity contribution in [3.8, 4) is 5.75 Å². The van der Waals surface area contributed by atoms with Crippen LogP contribution in [0.25, 0.3) is 0 Å². The third-order valence-electron chi connectivity index (χ3n) is 2.40. The second-order valence-electron chi connectivity index (χ2n) is 3.58. The fraction of sp³-hybridized carbons (Fsp3) is 0.231. The van der Waals surface area contributed by atoms with E-state index in [0.717, 1.165) is 26.6 Å². The van der Waals surface area contributed by atoms with Gasteiger partial charge in [0.25, 0.3) is 0 Å². The summed E-state index contributed by atoms with van der Waals surface area (Å²) < 4.78 is 5.35. The van der Waals surface area contributed by atoms with Crippen LogP contribution in [0.3, 0.4) is 0 Å². The monoisotopic (exact) mass is 293 g/mol. The largest absolute Gasteiger partial charge is 0.496 e. The normalized spacial score (nSPS) is 10.3. The minimum Gasteiger partial charge on any atom is -0.496 e. The van der Waals surface area contributed by atoms with E-state index >= 15 is 0 Å². The first-order valence-electron chi connectivity index (χ1n) is 5.68. The zero-order valence-corrected chi connectivity index (χ0v) is 12.6. The number of aromatic nitrogens is 2. The van der Waals surface area contributed by atoms with Crippen LogP contribution in [-0.4, -0.2) is 30.4 Å². The maximum atomic E-state index is 5.35. The Kier molecular flexibility index (Phi) is 4.93. The molecule has 0 saturated heterocycles. The van der Waals surface area contributed by atoms with E-state index in [2.05, 4.69) is 15.3 Å². The highest BCUT2D eigenvalue weighted by atomic mass is 32.2. The molecule has 1 N–H and O–H groups in total. The van der Waals surface area contributed by atoms with E-state index in [4.69, 9.17) is 4.74 Å². The van der Waals surface area contributed by atoms with E-state index in [-0.39, 0.29) is 0 Å². The van der Waals surface area contributed by atoms with Crippen LogP contribution in [0, 0.1) is 0 Å². The average Bonchev–Trinajstić information content (AvgIpc) is 2.47. The molecular formula is C13H15N3OS2. The smallest absolute Gasteiger partial charge is 0.190 e. The number of thioether (sulfide) groups is 1. The summed E-state index contributed by atoms with van der Waals surface area (Å²) in [7, 11) is 3.52. The summed E-state index contributed by atoms with van der Waals surface area (Å²) in [5, 5.41) is 4.70. The molecule has 1 aromatic carbocycles. The number of nitrogens with one attached hydrogen (secondary N) is 1. The predicted molar refractivity (Wildman–Crippen MR) is 80.5 cm³/mol. The van der Waals surface area contributed by atoms with Crippen molar-refractivity contribution in [2.75, 3.05) is 25.7 Å². The van der Waals surface area contributed by atoms with Crippen molar-refractivity contribution in [3.05, 3.63) is 30.3 Å². The number of anilines is 1. The van der Waals surface area contributed by atoms with E-state index in [1.54, 1.807) is 18.9 Å². The molecule has 6 heteroatoms. The molecule has 1 aromatic heterocycles. The number of hydrogen-bond donors (Lipinski definition) is 1. The van der Waals surface area contributed by atoms with E-state index < -0.39 is 0 Å². The first-order chi connectivity index (χ1) is 9.26. The maximum absolute atomic E-state index is 5.35. The van der Waals surface area contributed by atoms with Gasteiger partial charge in [0, 0.05) is 13.1 Å². The Bertz CT molecular complexity index is 541. The van der Waals surface area contributed by atoms with E-state index in [9.17, 15) is 0 Å². The van der Waals surface area contributed by atoms with Gasteiger partial charge in [-0.15, -0.1) is 0 Å². The summed E-state index contributed by atoms with van der Waals surface area (Å²) in [5.41, 5.74) is 0. The molecule has 0 amide bonds. The van der Waals surface area contributed by atoms with Gasteiger partial charge in [0.15, 0.2) is 5.16 Å². The number of benzene rings is 1. The van der Waals surface area contributed by atoms with Crippen LogP contribution < -0.4 is 10.1 Å². The molecule has 1 heterocycles. The zero-order valence-electron chi connectivity index (χ0n) is 11.0. The number of rotatable bonds is 5. The third-order valence-corrected chi connectivity index (χ3v) is 3.93. The number of methoxy groups -OCH3 is 1. The summed E-state index contributed by atoms with van der Waals surface area (Å²) >= 11 is 3.09. The lowest BCUT2D eigenvalue weighted by molar-refractivity contribution is 0.405. The lowest BCUT2D eigenvalue weighted by atomic mass is 10.3. The molecule has 100 valence electrons. The predicted octanol–water partition coefficient (Wildman–Crippen LogP) is 3.40. The van der Waals surface area contributed by atoms with Gasteiger partial charge in [-0.25, -0.2) is 9.97 Å². The first-order valence-corrected chi connectivity index (χ1v) is 7.72. The SMILES string of the molecule is CNc1cc(Sc2ccccc2OC)nc(SC)n1. The Morgan fingerprint density at radius 2 is 2.00 bits per heavy atom. The topological polar surface area (TPSA) is 47.0 Å². The molecule has 0 fully saturated rings. The molecule has 0 bridgehead atoms. The van der Waals surface area contributed by atoms with Crippen molar-refractivity contribution in [1.29, 1.82) is 0 Å². The van der Waals surface area contributed by atoms with Gasteiger partial charge in [0.2, 0.25) is 0 Å². The Balaban J connectivity index is 2.32. The van der Waals surface area contributed by atoms with Crippen molar-refractivity contribution >= 4 is 29.3 Å². The summed E-state index contributed by atoms with van der Waals surface area (Å²) in [6.07, 6.45) is 1.96. The zero-order chi connectivity index (χ0) is 13.7. The fourth-order valence-corrected chi connectivity index (χ4v) is 2.85. The maximum Gasteiger partial charge on any atom is 0.190 e. The standard InChI is InChI=1S/C13H15N3OS2/c1-14-11-8-12(16-13(15-11)18-3)19-10-7-5-4-6-9(10)17-2/h4-8H,1-3H3,(H,14,15,16). The van der Waals surface area contributed by atoms with Crippen LogP contribution in [0.5, 0.6) is 5.75 Å². The van der Waals surface area contributed by atoms with Crippen LogP contribution in [0.4, 0.5) is 5.82 Å². The molecule has 0 aliphatic carbocycles. The highest BCUT2D eigenvalue weighted by molar-refractivity contribution is 7.99. The quantitative estimate of drug-likeness (QED) is 0.518. The second kappa shape index (κ2) is 6.68. The molecule has 0 saturated carbocycles. The average molecular weight is 293 g/mol. The van der Waals surface area contributed by atoms with Crippen LogP contribution in [0.15, 0.2) is 45.4 Å². The fourth-order valence-electron chi connectivity index (χ4n) is 1.49. The Labute approximate surface area is 121 Å². The second-order valence-corrected chi connectivity index (χ2v) is 5.42. The Morgan fingerprint density at radius 3 is 2.68 bits per heavy atom. The van der Waals surface area contributed by atoms with Gasteiger partial charge in [-0.2, -0.15) is 0 Å². The summed E-state index contributed by atoms with van der Waals surface area (Å²) in [6.45, 7) is 0. The number of para-hydroxylation sites is 1.